The molecule has 0 bridgehead atoms. The molecule has 1 N–H and O–H groups in total. The summed E-state index contributed by atoms with van der Waals surface area (Å²) in [6.45, 7) is 0.552. The van der Waals surface area contributed by atoms with E-state index in [0.717, 1.165) is 5.56 Å². The van der Waals surface area contributed by atoms with E-state index in [2.05, 4.69) is 10.4 Å². The van der Waals surface area contributed by atoms with E-state index in [-0.39, 0.29) is 24.0 Å². The number of amides is 1. The largest absolute Gasteiger partial charge is 0.486 e. The fraction of sp³-hybridized carbons (Fsp3) is 0.0909. The molecule has 0 radical (unpaired) electrons. The van der Waals surface area contributed by atoms with Crippen LogP contribution in [-0.2, 0) is 13.2 Å². The van der Waals surface area contributed by atoms with Crippen LogP contribution >= 0.6 is 0 Å². The molecule has 4 rings (SSSR count). The first-order valence-electron chi connectivity index (χ1n) is 9.10. The molecule has 0 saturated heterocycles. The molecular formula is C22H17F2N3O3. The van der Waals surface area contributed by atoms with E-state index in [1.165, 1.54) is 42.6 Å². The topological polar surface area (TPSA) is 69.3 Å². The minimum atomic E-state index is -0.427. The SMILES string of the molecule is O=C(Nc1cnn(Cc2ccc(F)cc2)c1)c1ccc(COc2ccc(F)cc2)o1. The Morgan fingerprint density at radius 2 is 1.70 bits per heavy atom. The van der Waals surface area contributed by atoms with Gasteiger partial charge in [0.15, 0.2) is 5.76 Å². The van der Waals surface area contributed by atoms with Crippen molar-refractivity contribution in [1.29, 1.82) is 0 Å². The zero-order valence-electron chi connectivity index (χ0n) is 15.7. The summed E-state index contributed by atoms with van der Waals surface area (Å²) in [5.74, 6) is 0.000509. The molecule has 0 aliphatic heterocycles. The molecule has 0 aliphatic rings. The van der Waals surface area contributed by atoms with Gasteiger partial charge in [-0.1, -0.05) is 12.1 Å². The van der Waals surface area contributed by atoms with E-state index in [9.17, 15) is 13.6 Å². The third-order valence-corrected chi connectivity index (χ3v) is 4.23. The molecule has 8 heteroatoms. The lowest BCUT2D eigenvalue weighted by molar-refractivity contribution is 0.0992. The standard InChI is InChI=1S/C22H17F2N3O3/c23-16-3-1-15(2-4-16)12-27-13-18(11-25-27)26-22(28)21-10-9-20(30-21)14-29-19-7-5-17(24)6-8-19/h1-11,13H,12,14H2,(H,26,28). The predicted octanol–water partition coefficient (Wildman–Crippen LogP) is 4.63. The number of aromatic nitrogens is 2. The summed E-state index contributed by atoms with van der Waals surface area (Å²) in [7, 11) is 0. The van der Waals surface area contributed by atoms with Crippen molar-refractivity contribution in [3.05, 3.63) is 102 Å². The minimum absolute atomic E-state index is 0.106. The van der Waals surface area contributed by atoms with Crippen LogP contribution < -0.4 is 10.1 Å². The Hall–Kier alpha value is -3.94. The Labute approximate surface area is 170 Å². The summed E-state index contributed by atoms with van der Waals surface area (Å²) >= 11 is 0. The lowest BCUT2D eigenvalue weighted by Gasteiger charge is -2.04. The number of halogens is 2. The van der Waals surface area contributed by atoms with Crippen LogP contribution in [0.1, 0.15) is 21.9 Å². The van der Waals surface area contributed by atoms with Gasteiger partial charge in [-0.2, -0.15) is 5.10 Å². The Kier molecular flexibility index (Phi) is 5.56. The number of benzene rings is 2. The fourth-order valence-corrected chi connectivity index (χ4v) is 2.75. The highest BCUT2D eigenvalue weighted by molar-refractivity contribution is 6.02. The van der Waals surface area contributed by atoms with Crippen molar-refractivity contribution in [3.8, 4) is 5.75 Å². The van der Waals surface area contributed by atoms with Crippen LogP contribution in [0.15, 0.2) is 77.5 Å². The maximum absolute atomic E-state index is 13.0. The van der Waals surface area contributed by atoms with E-state index in [1.54, 1.807) is 35.1 Å². The molecular weight excluding hydrogens is 392 g/mol. The number of nitrogens with one attached hydrogen (secondary N) is 1. The summed E-state index contributed by atoms with van der Waals surface area (Å²) in [6, 6.07) is 14.9. The van der Waals surface area contributed by atoms with E-state index in [0.29, 0.717) is 23.7 Å². The minimum Gasteiger partial charge on any atom is -0.486 e. The summed E-state index contributed by atoms with van der Waals surface area (Å²) in [6.07, 6.45) is 3.19. The third-order valence-electron chi connectivity index (χ3n) is 4.23. The van der Waals surface area contributed by atoms with Gasteiger partial charge in [0.05, 0.1) is 18.4 Å². The monoisotopic (exact) mass is 409 g/mol. The normalized spacial score (nSPS) is 10.7. The molecule has 2 aromatic carbocycles. The Bertz CT molecular complexity index is 1140. The molecule has 0 saturated carbocycles. The Balaban J connectivity index is 1.32. The van der Waals surface area contributed by atoms with Crippen LogP contribution in [0.2, 0.25) is 0 Å². The summed E-state index contributed by atoms with van der Waals surface area (Å²) < 4.78 is 38.5. The van der Waals surface area contributed by atoms with E-state index < -0.39 is 5.91 Å². The molecule has 0 unspecified atom stereocenters. The number of rotatable bonds is 7. The number of anilines is 1. The molecule has 2 heterocycles. The highest BCUT2D eigenvalue weighted by Gasteiger charge is 2.13. The van der Waals surface area contributed by atoms with Crippen molar-refractivity contribution in [2.75, 3.05) is 5.32 Å². The number of furan rings is 1. The second-order valence-electron chi connectivity index (χ2n) is 6.52. The van der Waals surface area contributed by atoms with Crippen molar-refractivity contribution in [2.24, 2.45) is 0 Å². The maximum atomic E-state index is 13.0. The lowest BCUT2D eigenvalue weighted by Crippen LogP contribution is -2.10. The first-order chi connectivity index (χ1) is 14.5. The average molecular weight is 409 g/mol. The molecule has 0 fully saturated rings. The second kappa shape index (κ2) is 8.60. The Morgan fingerprint density at radius 1 is 1.00 bits per heavy atom. The van der Waals surface area contributed by atoms with Crippen LogP contribution in [0.5, 0.6) is 5.75 Å². The molecule has 2 aromatic heterocycles. The van der Waals surface area contributed by atoms with Gasteiger partial charge in [-0.3, -0.25) is 9.48 Å². The molecule has 1 amide bonds. The highest BCUT2D eigenvalue weighted by Crippen LogP contribution is 2.16. The number of carbonyl (C=O) groups is 1. The van der Waals surface area contributed by atoms with Crippen molar-refractivity contribution in [2.45, 2.75) is 13.2 Å². The fourth-order valence-electron chi connectivity index (χ4n) is 2.75. The van der Waals surface area contributed by atoms with Gasteiger partial charge in [0, 0.05) is 6.20 Å². The number of carbonyl (C=O) groups excluding carboxylic acids is 1. The molecule has 4 aromatic rings. The lowest BCUT2D eigenvalue weighted by atomic mass is 10.2. The number of ether oxygens (including phenoxy) is 1. The van der Waals surface area contributed by atoms with Crippen LogP contribution in [-0.4, -0.2) is 15.7 Å². The van der Waals surface area contributed by atoms with Gasteiger partial charge in [-0.25, -0.2) is 8.78 Å². The van der Waals surface area contributed by atoms with Gasteiger partial charge in [0.1, 0.15) is 29.8 Å². The molecule has 6 nitrogen and oxygen atoms in total. The van der Waals surface area contributed by atoms with Crippen molar-refractivity contribution >= 4 is 11.6 Å². The Morgan fingerprint density at radius 3 is 2.43 bits per heavy atom. The van der Waals surface area contributed by atoms with Crippen molar-refractivity contribution in [3.63, 3.8) is 0 Å². The number of nitrogens with zero attached hydrogens (tertiary/aromatic N) is 2. The first kappa shape index (κ1) is 19.4. The average Bonchev–Trinajstić information content (AvgIpc) is 3.39. The summed E-state index contributed by atoms with van der Waals surface area (Å²) in [5, 5.41) is 6.89. The van der Waals surface area contributed by atoms with Crippen LogP contribution in [0.25, 0.3) is 0 Å². The van der Waals surface area contributed by atoms with Gasteiger partial charge in [-0.15, -0.1) is 0 Å². The van der Waals surface area contributed by atoms with Crippen LogP contribution in [0, 0.1) is 11.6 Å². The molecule has 0 atom stereocenters. The first-order valence-corrected chi connectivity index (χ1v) is 9.10. The van der Waals surface area contributed by atoms with E-state index in [4.69, 9.17) is 9.15 Å². The van der Waals surface area contributed by atoms with Gasteiger partial charge >= 0.3 is 0 Å². The summed E-state index contributed by atoms with van der Waals surface area (Å²) in [5.41, 5.74) is 1.39. The van der Waals surface area contributed by atoms with Crippen molar-refractivity contribution in [1.82, 2.24) is 9.78 Å². The second-order valence-corrected chi connectivity index (χ2v) is 6.52. The quantitative estimate of drug-likeness (QED) is 0.483. The molecule has 30 heavy (non-hydrogen) atoms. The number of hydrogen-bond donors (Lipinski definition) is 1. The van der Waals surface area contributed by atoms with Gasteiger partial charge in [0.2, 0.25) is 0 Å². The zero-order chi connectivity index (χ0) is 20.9. The van der Waals surface area contributed by atoms with E-state index in [1.807, 2.05) is 0 Å². The third kappa shape index (κ3) is 4.91. The molecule has 0 spiro atoms. The zero-order valence-corrected chi connectivity index (χ0v) is 15.7. The van der Waals surface area contributed by atoms with Crippen LogP contribution in [0.4, 0.5) is 14.5 Å². The smallest absolute Gasteiger partial charge is 0.291 e. The summed E-state index contributed by atoms with van der Waals surface area (Å²) in [4.78, 5) is 12.4. The van der Waals surface area contributed by atoms with Crippen molar-refractivity contribution < 1.29 is 22.7 Å². The van der Waals surface area contributed by atoms with Gasteiger partial charge in [0.25, 0.3) is 5.91 Å². The van der Waals surface area contributed by atoms with E-state index >= 15 is 0 Å². The van der Waals surface area contributed by atoms with Crippen LogP contribution in [0.3, 0.4) is 0 Å². The van der Waals surface area contributed by atoms with Gasteiger partial charge in [-0.05, 0) is 54.1 Å². The maximum Gasteiger partial charge on any atom is 0.291 e. The highest BCUT2D eigenvalue weighted by atomic mass is 19.1. The molecule has 152 valence electrons. The number of hydrogen-bond acceptors (Lipinski definition) is 4. The molecule has 0 aliphatic carbocycles. The van der Waals surface area contributed by atoms with Gasteiger partial charge < -0.3 is 14.5 Å². The predicted molar refractivity (Wildman–Crippen MR) is 105 cm³/mol.